The molecule has 0 heteroatoms. The molecule has 0 radical (unpaired) electrons. The van der Waals surface area contributed by atoms with Crippen LogP contribution >= 0.6 is 0 Å². The van der Waals surface area contributed by atoms with Crippen LogP contribution < -0.4 is 0 Å². The maximum atomic E-state index is 2.69. The molecule has 17 heavy (non-hydrogen) atoms. The lowest BCUT2D eigenvalue weighted by molar-refractivity contribution is 0.0139. The largest absolute Gasteiger partial charge is 0.0622 e. The molecule has 4 bridgehead atoms. The van der Waals surface area contributed by atoms with Gasteiger partial charge in [0, 0.05) is 0 Å². The van der Waals surface area contributed by atoms with Crippen LogP contribution in [-0.4, -0.2) is 0 Å². The standard InChI is InChI=1S/C17H28/c1-11-7-16(14-5-4-13(11)9-14)17(2)10-12-3-6-15(17)8-12/h11-16H,3-10H2,1-2H3. The second kappa shape index (κ2) is 3.52. The van der Waals surface area contributed by atoms with Crippen molar-refractivity contribution in [3.8, 4) is 0 Å². The highest BCUT2D eigenvalue weighted by molar-refractivity contribution is 5.05. The maximum Gasteiger partial charge on any atom is -0.0264 e. The van der Waals surface area contributed by atoms with Crippen molar-refractivity contribution in [1.29, 1.82) is 0 Å². The molecule has 96 valence electrons. The van der Waals surface area contributed by atoms with E-state index in [1.165, 1.54) is 0 Å². The molecular formula is C17H28. The second-order valence-electron chi connectivity index (χ2n) is 8.24. The Balaban J connectivity index is 1.62. The molecule has 4 rings (SSSR count). The summed E-state index contributed by atoms with van der Waals surface area (Å²) in [6.45, 7) is 5.24. The van der Waals surface area contributed by atoms with Crippen molar-refractivity contribution in [2.45, 2.75) is 65.2 Å². The number of rotatable bonds is 1. The molecule has 0 heterocycles. The highest BCUT2D eigenvalue weighted by Crippen LogP contribution is 2.65. The summed E-state index contributed by atoms with van der Waals surface area (Å²) in [6, 6.07) is 0. The third kappa shape index (κ3) is 1.42. The zero-order valence-corrected chi connectivity index (χ0v) is 11.6. The first kappa shape index (κ1) is 10.9. The number of fused-ring (bicyclic) bond motifs is 4. The van der Waals surface area contributed by atoms with E-state index in [0.29, 0.717) is 0 Å². The first-order chi connectivity index (χ1) is 8.17. The van der Waals surface area contributed by atoms with Gasteiger partial charge in [-0.15, -0.1) is 0 Å². The van der Waals surface area contributed by atoms with E-state index in [4.69, 9.17) is 0 Å². The third-order valence-corrected chi connectivity index (χ3v) is 7.56. The summed E-state index contributed by atoms with van der Waals surface area (Å²) < 4.78 is 0. The third-order valence-electron chi connectivity index (χ3n) is 7.56. The van der Waals surface area contributed by atoms with Gasteiger partial charge in [-0.2, -0.15) is 0 Å². The van der Waals surface area contributed by atoms with E-state index in [2.05, 4.69) is 13.8 Å². The van der Waals surface area contributed by atoms with Crippen LogP contribution in [0.2, 0.25) is 0 Å². The van der Waals surface area contributed by atoms with Crippen LogP contribution in [-0.2, 0) is 0 Å². The zero-order valence-electron chi connectivity index (χ0n) is 11.6. The van der Waals surface area contributed by atoms with Crippen molar-refractivity contribution in [2.24, 2.45) is 40.9 Å². The van der Waals surface area contributed by atoms with Gasteiger partial charge in [0.25, 0.3) is 0 Å². The Morgan fingerprint density at radius 1 is 0.882 bits per heavy atom. The predicted octanol–water partition coefficient (Wildman–Crippen LogP) is 4.89. The van der Waals surface area contributed by atoms with Crippen molar-refractivity contribution in [1.82, 2.24) is 0 Å². The Labute approximate surface area is 107 Å². The fraction of sp³-hybridized carbons (Fsp3) is 1.00. The minimum absolute atomic E-state index is 0.761. The highest BCUT2D eigenvalue weighted by atomic mass is 14.6. The van der Waals surface area contributed by atoms with Crippen LogP contribution in [0, 0.1) is 40.9 Å². The number of hydrogen-bond acceptors (Lipinski definition) is 0. The van der Waals surface area contributed by atoms with Gasteiger partial charge in [0.15, 0.2) is 0 Å². The van der Waals surface area contributed by atoms with Crippen LogP contribution in [0.25, 0.3) is 0 Å². The Morgan fingerprint density at radius 2 is 1.71 bits per heavy atom. The van der Waals surface area contributed by atoms with Gasteiger partial charge in [-0.05, 0) is 85.9 Å². The van der Waals surface area contributed by atoms with Crippen LogP contribution in [0.15, 0.2) is 0 Å². The summed E-state index contributed by atoms with van der Waals surface area (Å²) in [4.78, 5) is 0. The summed E-state index contributed by atoms with van der Waals surface area (Å²) in [5.74, 6) is 6.61. The lowest BCUT2D eigenvalue weighted by Gasteiger charge is -2.48. The first-order valence-corrected chi connectivity index (χ1v) is 8.17. The minimum Gasteiger partial charge on any atom is -0.0622 e. The second-order valence-corrected chi connectivity index (χ2v) is 8.24. The molecule has 4 fully saturated rings. The molecule has 0 spiro atoms. The fourth-order valence-electron chi connectivity index (χ4n) is 6.63. The van der Waals surface area contributed by atoms with E-state index in [9.17, 15) is 0 Å². The van der Waals surface area contributed by atoms with Gasteiger partial charge in [0.2, 0.25) is 0 Å². The predicted molar refractivity (Wildman–Crippen MR) is 71.7 cm³/mol. The van der Waals surface area contributed by atoms with Crippen LogP contribution in [0.4, 0.5) is 0 Å². The van der Waals surface area contributed by atoms with Gasteiger partial charge in [-0.3, -0.25) is 0 Å². The topological polar surface area (TPSA) is 0 Å². The van der Waals surface area contributed by atoms with Gasteiger partial charge in [-0.25, -0.2) is 0 Å². The zero-order chi connectivity index (χ0) is 11.6. The van der Waals surface area contributed by atoms with E-state index in [0.717, 1.165) is 40.9 Å². The molecule has 4 aliphatic carbocycles. The first-order valence-electron chi connectivity index (χ1n) is 8.17. The molecule has 0 aromatic carbocycles. The fourth-order valence-corrected chi connectivity index (χ4v) is 6.63. The molecule has 7 unspecified atom stereocenters. The lowest BCUT2D eigenvalue weighted by Crippen LogP contribution is -2.40. The van der Waals surface area contributed by atoms with E-state index < -0.39 is 0 Å². The Kier molecular flexibility index (Phi) is 2.25. The van der Waals surface area contributed by atoms with Crippen LogP contribution in [0.5, 0.6) is 0 Å². The SMILES string of the molecule is CC1CC(C2(C)CC3CCC2C3)C2CCC1C2. The van der Waals surface area contributed by atoms with Gasteiger partial charge < -0.3 is 0 Å². The van der Waals surface area contributed by atoms with E-state index in [1.807, 2.05) is 0 Å². The average molecular weight is 232 g/mol. The summed E-state index contributed by atoms with van der Waals surface area (Å²) in [5.41, 5.74) is 0.761. The maximum absolute atomic E-state index is 2.69. The summed E-state index contributed by atoms with van der Waals surface area (Å²) in [6.07, 6.45) is 12.6. The molecule has 4 aliphatic rings. The van der Waals surface area contributed by atoms with Gasteiger partial charge in [-0.1, -0.05) is 20.3 Å². The van der Waals surface area contributed by atoms with Gasteiger partial charge in [0.1, 0.15) is 0 Å². The highest BCUT2D eigenvalue weighted by Gasteiger charge is 2.55. The van der Waals surface area contributed by atoms with Crippen LogP contribution in [0.3, 0.4) is 0 Å². The molecule has 0 amide bonds. The van der Waals surface area contributed by atoms with Crippen molar-refractivity contribution in [2.75, 3.05) is 0 Å². The summed E-state index contributed by atoms with van der Waals surface area (Å²) >= 11 is 0. The van der Waals surface area contributed by atoms with Crippen molar-refractivity contribution < 1.29 is 0 Å². The van der Waals surface area contributed by atoms with E-state index in [1.54, 1.807) is 51.4 Å². The Bertz CT molecular complexity index is 320. The molecule has 0 aromatic rings. The number of hydrogen-bond donors (Lipinski definition) is 0. The average Bonchev–Trinajstić information content (AvgIpc) is 2.97. The quantitative estimate of drug-likeness (QED) is 0.604. The normalized spacial score (nSPS) is 61.1. The van der Waals surface area contributed by atoms with Gasteiger partial charge >= 0.3 is 0 Å². The summed E-state index contributed by atoms with van der Waals surface area (Å²) in [7, 11) is 0. The Morgan fingerprint density at radius 3 is 2.41 bits per heavy atom. The Hall–Kier alpha value is 0. The summed E-state index contributed by atoms with van der Waals surface area (Å²) in [5, 5.41) is 0. The molecule has 0 saturated heterocycles. The van der Waals surface area contributed by atoms with Crippen molar-refractivity contribution >= 4 is 0 Å². The van der Waals surface area contributed by atoms with Crippen molar-refractivity contribution in [3.05, 3.63) is 0 Å². The molecule has 0 nitrogen and oxygen atoms in total. The lowest BCUT2D eigenvalue weighted by atomic mass is 9.57. The molecule has 0 aliphatic heterocycles. The van der Waals surface area contributed by atoms with E-state index >= 15 is 0 Å². The minimum atomic E-state index is 0.761. The van der Waals surface area contributed by atoms with Gasteiger partial charge in [0.05, 0.1) is 0 Å². The molecule has 7 atom stereocenters. The molecule has 0 N–H and O–H groups in total. The molecular weight excluding hydrogens is 204 g/mol. The smallest absolute Gasteiger partial charge is 0.0264 e. The molecule has 0 aromatic heterocycles. The van der Waals surface area contributed by atoms with E-state index in [-0.39, 0.29) is 0 Å². The van der Waals surface area contributed by atoms with Crippen molar-refractivity contribution in [3.63, 3.8) is 0 Å². The van der Waals surface area contributed by atoms with Crippen LogP contribution in [0.1, 0.15) is 65.2 Å². The monoisotopic (exact) mass is 232 g/mol. The molecule has 4 saturated carbocycles.